The maximum absolute atomic E-state index is 6.63. The second-order valence-corrected chi connectivity index (χ2v) is 10.9. The Labute approximate surface area is 244 Å². The molecule has 0 aliphatic carbocycles. The summed E-state index contributed by atoms with van der Waals surface area (Å²) in [7, 11) is 0. The van der Waals surface area contributed by atoms with E-state index in [2.05, 4.69) is 84.9 Å². The number of pyridine rings is 2. The first-order chi connectivity index (χ1) is 20.8. The van der Waals surface area contributed by atoms with Crippen molar-refractivity contribution < 1.29 is 9.15 Å². The molecule has 0 unspecified atom stereocenters. The summed E-state index contributed by atoms with van der Waals surface area (Å²) < 4.78 is 12.7. The van der Waals surface area contributed by atoms with Crippen molar-refractivity contribution in [2.24, 2.45) is 0 Å². The fourth-order valence-electron chi connectivity index (χ4n) is 5.95. The molecule has 4 nitrogen and oxygen atoms in total. The minimum absolute atomic E-state index is 0.520. The van der Waals surface area contributed by atoms with Gasteiger partial charge in [0, 0.05) is 34.0 Å². The maximum atomic E-state index is 6.63. The molecule has 0 radical (unpaired) electrons. The van der Waals surface area contributed by atoms with Crippen molar-refractivity contribution in [1.82, 2.24) is 9.97 Å². The Morgan fingerprint density at radius 2 is 0.881 bits per heavy atom. The van der Waals surface area contributed by atoms with Gasteiger partial charge in [0.1, 0.15) is 11.2 Å². The first kappa shape index (κ1) is 24.6. The van der Waals surface area contributed by atoms with Crippen LogP contribution in [0.15, 0.2) is 126 Å². The third-order valence-corrected chi connectivity index (χ3v) is 8.21. The van der Waals surface area contributed by atoms with Crippen LogP contribution in [0.25, 0.3) is 44.5 Å². The summed E-state index contributed by atoms with van der Waals surface area (Å²) in [5, 5.41) is 2.38. The Kier molecular flexibility index (Phi) is 6.03. The number of furan rings is 1. The molecule has 7 aromatic rings. The van der Waals surface area contributed by atoms with Gasteiger partial charge in [-0.1, -0.05) is 97.1 Å². The number of hydrogen-bond acceptors (Lipinski definition) is 4. The zero-order valence-electron chi connectivity index (χ0n) is 23.1. The Balaban J connectivity index is 1.22. The first-order valence-electron chi connectivity index (χ1n) is 14.5. The number of benzene rings is 4. The summed E-state index contributed by atoms with van der Waals surface area (Å²) in [5.74, 6) is 1.04. The number of para-hydroxylation sites is 2. The van der Waals surface area contributed by atoms with E-state index in [9.17, 15) is 0 Å². The number of aryl methyl sites for hydroxylation is 4. The second kappa shape index (κ2) is 10.3. The van der Waals surface area contributed by atoms with Crippen LogP contribution in [-0.4, -0.2) is 9.97 Å². The molecule has 11 rings (SSSR count). The zero-order valence-corrected chi connectivity index (χ0v) is 23.1. The van der Waals surface area contributed by atoms with Gasteiger partial charge >= 0.3 is 0 Å². The van der Waals surface area contributed by atoms with Gasteiger partial charge in [0.25, 0.3) is 0 Å². The van der Waals surface area contributed by atoms with E-state index in [0.717, 1.165) is 59.4 Å². The highest BCUT2D eigenvalue weighted by Crippen LogP contribution is 2.34. The molecule has 0 saturated carbocycles. The summed E-state index contributed by atoms with van der Waals surface area (Å²) in [5.41, 5.74) is 10.9. The van der Waals surface area contributed by atoms with Gasteiger partial charge in [0.15, 0.2) is 0 Å². The lowest BCUT2D eigenvalue weighted by Gasteiger charge is -2.09. The van der Waals surface area contributed by atoms with Crippen molar-refractivity contribution in [1.29, 1.82) is 0 Å². The van der Waals surface area contributed by atoms with Gasteiger partial charge in [-0.05, 0) is 60.1 Å². The summed E-state index contributed by atoms with van der Waals surface area (Å²) in [6.45, 7) is 0. The Bertz CT molecular complexity index is 1910. The topological polar surface area (TPSA) is 48.2 Å². The van der Waals surface area contributed by atoms with Gasteiger partial charge in [-0.25, -0.2) is 9.97 Å². The smallest absolute Gasteiger partial charge is 0.221 e. The number of aromatic nitrogens is 2. The molecule has 202 valence electrons. The second-order valence-electron chi connectivity index (χ2n) is 10.9. The van der Waals surface area contributed by atoms with Crippen LogP contribution >= 0.6 is 0 Å². The molecule has 4 aliphatic rings. The van der Waals surface area contributed by atoms with E-state index < -0.39 is 0 Å². The van der Waals surface area contributed by atoms with E-state index in [-0.39, 0.29) is 0 Å². The third-order valence-electron chi connectivity index (χ3n) is 8.21. The van der Waals surface area contributed by atoms with Gasteiger partial charge in [0.05, 0.1) is 11.4 Å². The molecule has 0 saturated heterocycles. The number of hydrogen-bond donors (Lipinski definition) is 0. The summed E-state index contributed by atoms with van der Waals surface area (Å²) in [4.78, 5) is 9.54. The average Bonchev–Trinajstić information content (AvgIpc) is 3.43. The van der Waals surface area contributed by atoms with Crippen molar-refractivity contribution in [3.05, 3.63) is 144 Å². The van der Waals surface area contributed by atoms with Crippen LogP contribution in [0.1, 0.15) is 22.3 Å². The summed E-state index contributed by atoms with van der Waals surface area (Å²) >= 11 is 0. The lowest BCUT2D eigenvalue weighted by atomic mass is 9.99. The van der Waals surface area contributed by atoms with Crippen molar-refractivity contribution >= 4 is 21.9 Å². The average molecular weight is 545 g/mol. The predicted octanol–water partition coefficient (Wildman–Crippen LogP) is 9.39. The van der Waals surface area contributed by atoms with Crippen LogP contribution in [-0.2, 0) is 25.7 Å². The summed E-state index contributed by atoms with van der Waals surface area (Å²) in [6, 6.07) is 42.1. The lowest BCUT2D eigenvalue weighted by Crippen LogP contribution is -1.95. The monoisotopic (exact) mass is 544 g/mol. The van der Waals surface area contributed by atoms with Crippen LogP contribution < -0.4 is 4.74 Å². The van der Waals surface area contributed by atoms with Gasteiger partial charge < -0.3 is 9.15 Å². The third kappa shape index (κ3) is 4.61. The Morgan fingerprint density at radius 1 is 0.429 bits per heavy atom. The molecule has 0 atom stereocenters. The Morgan fingerprint density at radius 3 is 1.36 bits per heavy atom. The van der Waals surface area contributed by atoms with Gasteiger partial charge in [-0.15, -0.1) is 0 Å². The molecule has 0 amide bonds. The molecule has 0 N–H and O–H groups in total. The van der Waals surface area contributed by atoms with Gasteiger partial charge in [-0.3, -0.25) is 0 Å². The van der Waals surface area contributed by atoms with E-state index in [0.29, 0.717) is 11.8 Å². The molecule has 3 aromatic heterocycles. The maximum Gasteiger partial charge on any atom is 0.221 e. The fraction of sp³-hybridized carbons (Fsp3) is 0.105. The van der Waals surface area contributed by atoms with E-state index in [1.54, 1.807) is 0 Å². The molecule has 4 aliphatic heterocycles. The van der Waals surface area contributed by atoms with E-state index in [1.165, 1.54) is 33.0 Å². The number of rotatable bonds is 0. The first-order valence-corrected chi connectivity index (χ1v) is 14.5. The molecule has 10 bridgehead atoms. The number of nitrogens with zero attached hydrogens (tertiary/aromatic N) is 2. The number of fused-ring (bicyclic) bond motifs is 1. The number of ether oxygens (including phenoxy) is 1. The van der Waals surface area contributed by atoms with Crippen LogP contribution in [0, 0.1) is 0 Å². The minimum Gasteiger partial charge on any atom is -0.455 e. The van der Waals surface area contributed by atoms with Crippen LogP contribution in [0.4, 0.5) is 0 Å². The van der Waals surface area contributed by atoms with E-state index >= 15 is 0 Å². The predicted molar refractivity (Wildman–Crippen MR) is 168 cm³/mol. The Hall–Kier alpha value is -5.22. The van der Waals surface area contributed by atoms with Crippen LogP contribution in [0.3, 0.4) is 0 Å². The van der Waals surface area contributed by atoms with Gasteiger partial charge in [0.2, 0.25) is 11.8 Å². The van der Waals surface area contributed by atoms with Crippen LogP contribution in [0.5, 0.6) is 11.8 Å². The van der Waals surface area contributed by atoms with Crippen molar-refractivity contribution in [2.75, 3.05) is 0 Å². The van der Waals surface area contributed by atoms with Crippen molar-refractivity contribution in [2.45, 2.75) is 25.7 Å². The van der Waals surface area contributed by atoms with E-state index in [4.69, 9.17) is 19.1 Å². The molecule has 7 heterocycles. The van der Waals surface area contributed by atoms with E-state index in [1.807, 2.05) is 36.4 Å². The van der Waals surface area contributed by atoms with Crippen molar-refractivity contribution in [3.63, 3.8) is 0 Å². The molecule has 4 aromatic carbocycles. The SMILES string of the molecule is c1cc2nc(c1)-c1ccc(cc1)CCc1cccc3c1oc1c(cccc13)CCc1ccc(cc1)-c1cccc(n1)O2. The molecular formula is C38H28N2O2. The molecule has 0 spiro atoms. The summed E-state index contributed by atoms with van der Waals surface area (Å²) in [6.07, 6.45) is 3.67. The van der Waals surface area contributed by atoms with Crippen LogP contribution in [0.2, 0.25) is 0 Å². The molecule has 42 heavy (non-hydrogen) atoms. The molecular weight excluding hydrogens is 516 g/mol. The zero-order chi connectivity index (χ0) is 27.9. The largest absolute Gasteiger partial charge is 0.455 e. The normalized spacial score (nSPS) is 13.0. The molecule has 4 heteroatoms. The van der Waals surface area contributed by atoms with Crippen molar-refractivity contribution in [3.8, 4) is 34.3 Å². The lowest BCUT2D eigenvalue weighted by molar-refractivity contribution is 0.446. The highest BCUT2D eigenvalue weighted by Gasteiger charge is 2.14. The highest BCUT2D eigenvalue weighted by molar-refractivity contribution is 6.06. The quantitative estimate of drug-likeness (QED) is 0.191. The minimum atomic E-state index is 0.520. The standard InChI is InChI=1S/C38H28N2O2/c1-5-29-23-17-25-13-19-27(20-14-25)33-9-3-11-35(39-33)41-36-12-4-10-34(40-36)28-21-15-26(16-22-28)18-24-30-6-2-8-32-31(7-1)37(29)42-38(30)32/h1-16,19-22H,17-18,23-24H2. The highest BCUT2D eigenvalue weighted by atomic mass is 16.5. The fourth-order valence-corrected chi connectivity index (χ4v) is 5.95. The van der Waals surface area contributed by atoms with Gasteiger partial charge in [-0.2, -0.15) is 0 Å². The molecule has 0 fully saturated rings.